The van der Waals surface area contributed by atoms with Crippen LogP contribution < -0.4 is 4.74 Å². The Balaban J connectivity index is 2.05. The molecule has 1 heterocycles. The van der Waals surface area contributed by atoms with Crippen molar-refractivity contribution >= 4 is 30.3 Å². The Kier molecular flexibility index (Phi) is 6.55. The van der Waals surface area contributed by atoms with Gasteiger partial charge >= 0.3 is 7.47 Å². The number of benzene rings is 2. The van der Waals surface area contributed by atoms with Gasteiger partial charge in [0.05, 0.1) is 6.61 Å². The van der Waals surface area contributed by atoms with E-state index in [0.29, 0.717) is 17.2 Å². The number of allylic oxidation sites excluding steroid dienone is 1. The number of thiazole rings is 1. The molecule has 0 atom stereocenters. The Morgan fingerprint density at radius 3 is 2.36 bits per heavy atom. The van der Waals surface area contributed by atoms with Crippen LogP contribution in [0, 0.1) is 0 Å². The molecule has 2 aromatic carbocycles. The lowest BCUT2D eigenvalue weighted by Crippen LogP contribution is -2.07. The number of halogens is 2. The van der Waals surface area contributed by atoms with E-state index in [0.717, 1.165) is 23.0 Å². The smallest absolute Gasteiger partial charge is 0.504 e. The van der Waals surface area contributed by atoms with Gasteiger partial charge in [-0.1, -0.05) is 60.7 Å². The standard InChI is InChI=1S/C20H16BF2NO3S/c1-2-26-19-18(28-20(24-19)15-11-7-4-8-12-15)17(27-21(22)23)13-16(25)14-9-5-3-6-10-14/h3-13H,2H2,1H3/b17-13-. The Morgan fingerprint density at radius 1 is 1.11 bits per heavy atom. The highest BCUT2D eigenvalue weighted by Gasteiger charge is 2.26. The molecule has 0 spiro atoms. The van der Waals surface area contributed by atoms with E-state index in [1.54, 1.807) is 37.3 Å². The lowest BCUT2D eigenvalue weighted by atomic mass is 10.1. The number of ketones is 1. The molecule has 0 amide bonds. The first-order valence-electron chi connectivity index (χ1n) is 8.53. The second-order valence-corrected chi connectivity index (χ2v) is 6.57. The minimum atomic E-state index is -3.09. The van der Waals surface area contributed by atoms with E-state index in [2.05, 4.69) is 9.64 Å². The van der Waals surface area contributed by atoms with Crippen molar-refractivity contribution in [1.29, 1.82) is 0 Å². The molecule has 28 heavy (non-hydrogen) atoms. The highest BCUT2D eigenvalue weighted by atomic mass is 32.1. The van der Waals surface area contributed by atoms with Gasteiger partial charge in [0, 0.05) is 17.2 Å². The molecule has 0 bridgehead atoms. The Hall–Kier alpha value is -3.00. The summed E-state index contributed by atoms with van der Waals surface area (Å²) in [5, 5.41) is 0.579. The van der Waals surface area contributed by atoms with Crippen LogP contribution in [0.5, 0.6) is 5.88 Å². The maximum absolute atomic E-state index is 13.0. The van der Waals surface area contributed by atoms with E-state index in [4.69, 9.17) is 4.74 Å². The van der Waals surface area contributed by atoms with Gasteiger partial charge in [0.25, 0.3) is 0 Å². The first kappa shape index (κ1) is 19.8. The van der Waals surface area contributed by atoms with E-state index in [1.807, 2.05) is 30.3 Å². The SMILES string of the molecule is CCOc1nc(-c2ccccc2)sc1/C(=C/C(=O)c1ccccc1)OB(F)F. The number of hydrogen-bond donors (Lipinski definition) is 0. The molecular weight excluding hydrogens is 383 g/mol. The summed E-state index contributed by atoms with van der Waals surface area (Å²) in [6, 6.07) is 17.6. The fraction of sp³-hybridized carbons (Fsp3) is 0.100. The molecule has 142 valence electrons. The zero-order valence-corrected chi connectivity index (χ0v) is 15.8. The van der Waals surface area contributed by atoms with E-state index in [1.165, 1.54) is 0 Å². The molecule has 8 heteroatoms. The van der Waals surface area contributed by atoms with Crippen molar-refractivity contribution in [1.82, 2.24) is 4.98 Å². The molecule has 0 N–H and O–H groups in total. The lowest BCUT2D eigenvalue weighted by Gasteiger charge is -2.08. The van der Waals surface area contributed by atoms with Crippen LogP contribution in [-0.4, -0.2) is 24.8 Å². The third-order valence-corrected chi connectivity index (χ3v) is 4.76. The summed E-state index contributed by atoms with van der Waals surface area (Å²) in [5.41, 5.74) is 1.18. The minimum Gasteiger partial charge on any atom is -0.504 e. The van der Waals surface area contributed by atoms with Gasteiger partial charge in [-0.3, -0.25) is 4.79 Å². The third-order valence-electron chi connectivity index (χ3n) is 3.66. The molecule has 0 saturated heterocycles. The van der Waals surface area contributed by atoms with Crippen LogP contribution in [0.1, 0.15) is 22.2 Å². The van der Waals surface area contributed by atoms with E-state index >= 15 is 0 Å². The zero-order valence-electron chi connectivity index (χ0n) is 15.0. The predicted molar refractivity (Wildman–Crippen MR) is 107 cm³/mol. The summed E-state index contributed by atoms with van der Waals surface area (Å²) >= 11 is 1.12. The van der Waals surface area contributed by atoms with Crippen LogP contribution in [0.4, 0.5) is 8.63 Å². The monoisotopic (exact) mass is 399 g/mol. The minimum absolute atomic E-state index is 0.152. The lowest BCUT2D eigenvalue weighted by molar-refractivity contribution is 0.104. The number of rotatable bonds is 8. The highest BCUT2D eigenvalue weighted by Crippen LogP contribution is 2.38. The number of aromatic nitrogens is 1. The van der Waals surface area contributed by atoms with Gasteiger partial charge in [0.15, 0.2) is 5.78 Å². The van der Waals surface area contributed by atoms with Crippen molar-refractivity contribution in [3.63, 3.8) is 0 Å². The molecule has 3 aromatic rings. The first-order valence-corrected chi connectivity index (χ1v) is 9.35. The van der Waals surface area contributed by atoms with Crippen LogP contribution >= 0.6 is 11.3 Å². The summed E-state index contributed by atoms with van der Waals surface area (Å²) < 4.78 is 36.3. The second-order valence-electron chi connectivity index (χ2n) is 5.57. The first-order chi connectivity index (χ1) is 13.6. The Labute approximate surface area is 165 Å². The van der Waals surface area contributed by atoms with Gasteiger partial charge in [0.2, 0.25) is 5.88 Å². The number of hydrogen-bond acceptors (Lipinski definition) is 5. The van der Waals surface area contributed by atoms with Gasteiger partial charge in [-0.05, 0) is 6.92 Å². The summed E-state index contributed by atoms with van der Waals surface area (Å²) in [6.45, 7) is 2.05. The molecule has 0 radical (unpaired) electrons. The number of carbonyl (C=O) groups excluding carboxylic acids is 1. The van der Waals surface area contributed by atoms with E-state index < -0.39 is 13.3 Å². The fourth-order valence-corrected chi connectivity index (χ4v) is 3.43. The van der Waals surface area contributed by atoms with Crippen LogP contribution in [0.25, 0.3) is 16.3 Å². The molecular formula is C20H16BF2NO3S. The van der Waals surface area contributed by atoms with Gasteiger partial charge in [-0.15, -0.1) is 11.3 Å². The summed E-state index contributed by atoms with van der Waals surface area (Å²) in [7, 11) is -3.09. The second kappa shape index (κ2) is 9.28. The van der Waals surface area contributed by atoms with Crippen molar-refractivity contribution in [2.45, 2.75) is 6.92 Å². The van der Waals surface area contributed by atoms with Gasteiger partial charge in [-0.2, -0.15) is 0 Å². The third kappa shape index (κ3) is 4.83. The summed E-state index contributed by atoms with van der Waals surface area (Å²) in [4.78, 5) is 17.1. The van der Waals surface area contributed by atoms with E-state index in [9.17, 15) is 13.4 Å². The Bertz CT molecular complexity index is 962. The molecule has 0 aliphatic rings. The average molecular weight is 399 g/mol. The van der Waals surface area contributed by atoms with Crippen LogP contribution in [0.2, 0.25) is 0 Å². The maximum atomic E-state index is 13.0. The van der Waals surface area contributed by atoms with Crippen LogP contribution in [0.15, 0.2) is 66.7 Å². The molecule has 0 unspecified atom stereocenters. The normalized spacial score (nSPS) is 11.2. The summed E-state index contributed by atoms with van der Waals surface area (Å²) in [6.07, 6.45) is 1.05. The largest absolute Gasteiger partial charge is 0.796 e. The quantitative estimate of drug-likeness (QED) is 0.221. The van der Waals surface area contributed by atoms with Crippen LogP contribution in [-0.2, 0) is 4.65 Å². The number of nitrogens with zero attached hydrogens (tertiary/aromatic N) is 1. The van der Waals surface area contributed by atoms with Crippen molar-refractivity contribution in [2.24, 2.45) is 0 Å². The molecule has 4 nitrogen and oxygen atoms in total. The maximum Gasteiger partial charge on any atom is 0.796 e. The van der Waals surface area contributed by atoms with Gasteiger partial charge in [-0.25, -0.2) is 13.6 Å². The Morgan fingerprint density at radius 2 is 1.75 bits per heavy atom. The highest BCUT2D eigenvalue weighted by molar-refractivity contribution is 7.16. The molecule has 0 saturated carbocycles. The van der Waals surface area contributed by atoms with Crippen molar-refractivity contribution in [3.8, 4) is 16.5 Å². The molecule has 3 rings (SSSR count). The van der Waals surface area contributed by atoms with Crippen LogP contribution in [0.3, 0.4) is 0 Å². The molecule has 1 aromatic heterocycles. The number of ether oxygens (including phenoxy) is 1. The summed E-state index contributed by atoms with van der Waals surface area (Å²) in [5.74, 6) is -0.570. The zero-order chi connectivity index (χ0) is 19.9. The number of carbonyl (C=O) groups is 1. The average Bonchev–Trinajstić information content (AvgIpc) is 3.13. The van der Waals surface area contributed by atoms with E-state index in [-0.39, 0.29) is 16.5 Å². The van der Waals surface area contributed by atoms with Gasteiger partial charge in [0.1, 0.15) is 15.6 Å². The predicted octanol–water partition coefficient (Wildman–Crippen LogP) is 5.37. The van der Waals surface area contributed by atoms with Crippen molar-refractivity contribution in [3.05, 3.63) is 77.2 Å². The van der Waals surface area contributed by atoms with Gasteiger partial charge < -0.3 is 9.39 Å². The van der Waals surface area contributed by atoms with Crippen molar-refractivity contribution in [2.75, 3.05) is 6.61 Å². The van der Waals surface area contributed by atoms with Crippen molar-refractivity contribution < 1.29 is 22.8 Å². The molecule has 0 aliphatic heterocycles. The fourth-order valence-electron chi connectivity index (χ4n) is 2.45. The topological polar surface area (TPSA) is 48.4 Å². The molecule has 0 aliphatic carbocycles. The molecule has 0 fully saturated rings.